The number of H-pyrrole nitrogens is 1. The van der Waals surface area contributed by atoms with Gasteiger partial charge >= 0.3 is 12.2 Å². The van der Waals surface area contributed by atoms with Crippen LogP contribution in [0.2, 0.25) is 0 Å². The van der Waals surface area contributed by atoms with Gasteiger partial charge in [0.1, 0.15) is 41.0 Å². The summed E-state index contributed by atoms with van der Waals surface area (Å²) < 4.78 is 19.2. The summed E-state index contributed by atoms with van der Waals surface area (Å²) in [4.78, 5) is 39.7. The highest BCUT2D eigenvalue weighted by Gasteiger charge is 2.36. The first-order valence-corrected chi connectivity index (χ1v) is 19.5. The maximum atomic E-state index is 13.1. The van der Waals surface area contributed by atoms with Crippen molar-refractivity contribution >= 4 is 23.1 Å². The van der Waals surface area contributed by atoms with Crippen LogP contribution in [0.3, 0.4) is 0 Å². The van der Waals surface area contributed by atoms with Crippen LogP contribution >= 0.6 is 0 Å². The molecule has 274 valence electrons. The number of aromatic amines is 1. The molecule has 3 aromatic heterocycles. The van der Waals surface area contributed by atoms with Crippen molar-refractivity contribution in [3.63, 3.8) is 0 Å². The number of ether oxygens (including phenoxy) is 3. The lowest BCUT2D eigenvalue weighted by Crippen LogP contribution is -2.37. The van der Waals surface area contributed by atoms with E-state index in [1.165, 1.54) is 0 Å². The molecule has 4 heterocycles. The van der Waals surface area contributed by atoms with Crippen LogP contribution in [-0.4, -0.2) is 89.4 Å². The molecule has 1 aromatic carbocycles. The van der Waals surface area contributed by atoms with Crippen molar-refractivity contribution in [2.75, 3.05) is 31.4 Å². The smallest absolute Gasteiger partial charge is 0.410 e. The Bertz CT molecular complexity index is 1770. The van der Waals surface area contributed by atoms with Crippen LogP contribution in [0, 0.1) is 0 Å². The van der Waals surface area contributed by atoms with Crippen LogP contribution in [0.1, 0.15) is 85.0 Å². The van der Waals surface area contributed by atoms with Gasteiger partial charge in [0.25, 0.3) is 0 Å². The summed E-state index contributed by atoms with van der Waals surface area (Å²) in [6.45, 7) is 14.5. The largest absolute Gasteiger partial charge is 0.444 e. The third kappa shape index (κ3) is 10.1. The molecule has 0 spiro atoms. The molecule has 0 saturated carbocycles. The summed E-state index contributed by atoms with van der Waals surface area (Å²) >= 11 is 0. The Morgan fingerprint density at radius 1 is 0.941 bits per heavy atom. The number of carbonyl (C=O) groups is 2. The van der Waals surface area contributed by atoms with Crippen LogP contribution in [0.5, 0.6) is 0 Å². The second-order valence-electron chi connectivity index (χ2n) is 14.9. The predicted molar refractivity (Wildman–Crippen MR) is 199 cm³/mol. The average molecular weight is 720 g/mol. The topological polar surface area (TPSA) is 149 Å². The van der Waals surface area contributed by atoms with E-state index in [4.69, 9.17) is 19.2 Å². The quantitative estimate of drug-likeness (QED) is 0.125. The van der Waals surface area contributed by atoms with Crippen molar-refractivity contribution in [2.24, 2.45) is 0 Å². The van der Waals surface area contributed by atoms with Crippen molar-refractivity contribution in [1.29, 1.82) is 0 Å². The maximum absolute atomic E-state index is 13.1. The molecule has 2 atom stereocenters. The first-order valence-electron chi connectivity index (χ1n) is 17.2. The van der Waals surface area contributed by atoms with Crippen LogP contribution < -0.4 is 5.32 Å². The van der Waals surface area contributed by atoms with E-state index in [0.717, 1.165) is 52.6 Å². The van der Waals surface area contributed by atoms with Crippen molar-refractivity contribution in [3.05, 3.63) is 60.4 Å². The van der Waals surface area contributed by atoms with Crippen LogP contribution in [0.4, 0.5) is 9.59 Å². The van der Waals surface area contributed by atoms with Gasteiger partial charge in [-0.05, 0) is 89.9 Å². The Labute approximate surface area is 303 Å². The molecule has 1 saturated heterocycles. The third-order valence-corrected chi connectivity index (χ3v) is 9.06. The summed E-state index contributed by atoms with van der Waals surface area (Å²) in [5.41, 5.74) is 3.64. The highest BCUT2D eigenvalue weighted by Crippen LogP contribution is 2.35. The minimum absolute atomic E-state index is 0.231. The van der Waals surface area contributed by atoms with E-state index in [1.54, 1.807) is 17.3 Å². The second kappa shape index (κ2) is 15.9. The Balaban J connectivity index is 1.32. The predicted octanol–water partition coefficient (Wildman–Crippen LogP) is 6.91. The standard InChI is InChI=1S/C37H50N8O5S/c1-24(40-34(46)49-36(2,3)4)32-38-21-29(41-32)26-14-12-25(13-15-26)27-16-17-28(43-42-27)31-22-39-33(45(31)23-48-19-20-51(8)9)30-11-10-18-44(30)35(47)50-37(5,6)7/h12-17,21-22,24,30H,10-11,18-20,23H2,1-9H3,(H-,38,40,41,42,46)/p+1/t24-,30-/m0/s1. The third-order valence-electron chi connectivity index (χ3n) is 8.08. The van der Waals surface area contributed by atoms with Gasteiger partial charge in [0.05, 0.1) is 60.7 Å². The minimum atomic E-state index is -0.591. The summed E-state index contributed by atoms with van der Waals surface area (Å²) in [6, 6.07) is 11.2. The number of hydrogen-bond donors (Lipinski definition) is 2. The molecule has 4 aromatic rings. The normalized spacial score (nSPS) is 15.6. The molecule has 5 rings (SSSR count). The molecule has 1 aliphatic heterocycles. The van der Waals surface area contributed by atoms with Gasteiger partial charge in [-0.3, -0.25) is 4.90 Å². The Hall–Kier alpha value is -4.43. The lowest BCUT2D eigenvalue weighted by Gasteiger charge is -2.28. The van der Waals surface area contributed by atoms with Gasteiger partial charge < -0.3 is 29.1 Å². The van der Waals surface area contributed by atoms with Crippen LogP contribution in [0.15, 0.2) is 48.8 Å². The van der Waals surface area contributed by atoms with Crippen LogP contribution in [0.25, 0.3) is 33.9 Å². The maximum Gasteiger partial charge on any atom is 0.410 e. The van der Waals surface area contributed by atoms with Gasteiger partial charge in [-0.25, -0.2) is 19.6 Å². The SMILES string of the molecule is C[C@H](NC(=O)OC(C)(C)C)c1ncc(-c2ccc(-c3ccc(-c4cnc([C@@H]5CCCN5C(=O)OC(C)(C)C)n4COCC[S+](C)C)nn3)cc2)[nH]1. The van der Waals surface area contributed by atoms with E-state index >= 15 is 0 Å². The monoisotopic (exact) mass is 719 g/mol. The fraction of sp³-hybridized carbons (Fsp3) is 0.514. The molecule has 1 aliphatic rings. The Morgan fingerprint density at radius 3 is 2.25 bits per heavy atom. The van der Waals surface area contributed by atoms with Crippen molar-refractivity contribution in [3.8, 4) is 33.9 Å². The van der Waals surface area contributed by atoms with E-state index in [2.05, 4.69) is 38.0 Å². The highest BCUT2D eigenvalue weighted by atomic mass is 32.2. The zero-order valence-electron chi connectivity index (χ0n) is 31.1. The molecule has 2 amide bonds. The van der Waals surface area contributed by atoms with Crippen molar-refractivity contribution in [2.45, 2.75) is 91.3 Å². The summed E-state index contributed by atoms with van der Waals surface area (Å²) in [6.07, 6.45) is 8.74. The molecule has 14 heteroatoms. The molecule has 0 bridgehead atoms. The number of alkyl carbamates (subject to hydrolysis) is 1. The number of amides is 2. The van der Waals surface area contributed by atoms with Gasteiger partial charge in [-0.2, -0.15) is 0 Å². The molecular formula is C37H51N8O5S+. The number of rotatable bonds is 11. The van der Waals surface area contributed by atoms with Crippen LogP contribution in [-0.2, 0) is 31.8 Å². The average Bonchev–Trinajstić information content (AvgIpc) is 3.81. The first kappa shape index (κ1) is 37.8. The number of imidazole rings is 2. The van der Waals surface area contributed by atoms with Gasteiger partial charge in [-0.15, -0.1) is 10.2 Å². The molecule has 0 radical (unpaired) electrons. The van der Waals surface area contributed by atoms with Crippen molar-refractivity contribution < 1.29 is 23.8 Å². The van der Waals surface area contributed by atoms with E-state index < -0.39 is 17.3 Å². The Morgan fingerprint density at radius 2 is 1.61 bits per heavy atom. The molecule has 2 N–H and O–H groups in total. The van der Waals surface area contributed by atoms with E-state index in [-0.39, 0.29) is 35.8 Å². The highest BCUT2D eigenvalue weighted by molar-refractivity contribution is 7.95. The molecular weight excluding hydrogens is 669 g/mol. The fourth-order valence-electron chi connectivity index (χ4n) is 5.65. The number of aromatic nitrogens is 6. The molecule has 0 aliphatic carbocycles. The lowest BCUT2D eigenvalue weighted by atomic mass is 10.1. The number of likely N-dealkylation sites (tertiary alicyclic amines) is 1. The molecule has 51 heavy (non-hydrogen) atoms. The lowest BCUT2D eigenvalue weighted by molar-refractivity contribution is 0.0204. The number of nitrogens with one attached hydrogen (secondary N) is 2. The van der Waals surface area contributed by atoms with E-state index in [9.17, 15) is 9.59 Å². The molecule has 0 unspecified atom stereocenters. The van der Waals surface area contributed by atoms with Gasteiger partial charge in [0, 0.05) is 12.1 Å². The molecule has 1 fully saturated rings. The summed E-state index contributed by atoms with van der Waals surface area (Å²) in [5.74, 6) is 2.34. The summed E-state index contributed by atoms with van der Waals surface area (Å²) in [7, 11) is 0.262. The number of nitrogens with zero attached hydrogens (tertiary/aromatic N) is 6. The fourth-order valence-corrected chi connectivity index (χ4v) is 6.10. The van der Waals surface area contributed by atoms with Crippen molar-refractivity contribution in [1.82, 2.24) is 39.9 Å². The Kier molecular flexibility index (Phi) is 11.8. The minimum Gasteiger partial charge on any atom is -0.444 e. The van der Waals surface area contributed by atoms with E-state index in [0.29, 0.717) is 24.7 Å². The van der Waals surface area contributed by atoms with E-state index in [1.807, 2.05) is 89.4 Å². The summed E-state index contributed by atoms with van der Waals surface area (Å²) in [5, 5.41) is 12.0. The van der Waals surface area contributed by atoms with Gasteiger partial charge in [0.15, 0.2) is 0 Å². The number of carbonyl (C=O) groups excluding carboxylic acids is 2. The number of hydrogen-bond acceptors (Lipinski definition) is 9. The first-order chi connectivity index (χ1) is 24.1. The molecule has 13 nitrogen and oxygen atoms in total. The second-order valence-corrected chi connectivity index (χ2v) is 17.3. The zero-order valence-corrected chi connectivity index (χ0v) is 32.0. The number of benzene rings is 1. The van der Waals surface area contributed by atoms with Gasteiger partial charge in [-0.1, -0.05) is 24.3 Å². The van der Waals surface area contributed by atoms with Gasteiger partial charge in [0.2, 0.25) is 0 Å². The zero-order chi connectivity index (χ0) is 36.9.